The lowest BCUT2D eigenvalue weighted by Gasteiger charge is -2.33. The molecular formula is C38H61N11O3. The summed E-state index contributed by atoms with van der Waals surface area (Å²) in [6, 6.07) is 7.96. The molecule has 1 saturated heterocycles. The smallest absolute Gasteiger partial charge is 0.323 e. The normalized spacial score (nSPS) is 18.3. The summed E-state index contributed by atoms with van der Waals surface area (Å²) >= 11 is 0. The van der Waals surface area contributed by atoms with E-state index in [0.717, 1.165) is 100 Å². The zero-order valence-corrected chi connectivity index (χ0v) is 30.8. The summed E-state index contributed by atoms with van der Waals surface area (Å²) in [7, 11) is 0. The number of esters is 1. The first-order valence-corrected chi connectivity index (χ1v) is 19.7. The average molecular weight is 720 g/mol. The molecule has 0 bridgehead atoms. The molecule has 2 heterocycles. The molecule has 286 valence electrons. The van der Waals surface area contributed by atoms with Gasteiger partial charge in [-0.1, -0.05) is 31.4 Å². The number of benzene rings is 1. The monoisotopic (exact) mass is 719 g/mol. The van der Waals surface area contributed by atoms with Gasteiger partial charge in [0.15, 0.2) is 0 Å². The van der Waals surface area contributed by atoms with Gasteiger partial charge in [0, 0.05) is 49.7 Å². The molecule has 5 rings (SSSR count). The fraction of sp³-hybridized carbons (Fsp3) is 0.684. The van der Waals surface area contributed by atoms with Crippen LogP contribution in [-0.4, -0.2) is 96.8 Å². The van der Waals surface area contributed by atoms with Crippen LogP contribution in [0.5, 0.6) is 0 Å². The first-order valence-electron chi connectivity index (χ1n) is 19.7. The van der Waals surface area contributed by atoms with E-state index >= 15 is 0 Å². The lowest BCUT2D eigenvalue weighted by atomic mass is 9.95. The van der Waals surface area contributed by atoms with Crippen molar-refractivity contribution >= 4 is 34.5 Å². The van der Waals surface area contributed by atoms with Crippen LogP contribution in [0.3, 0.4) is 0 Å². The Bertz CT molecular complexity index is 1440. The Kier molecular flexibility index (Phi) is 16.3. The highest BCUT2D eigenvalue weighted by Gasteiger charge is 2.27. The van der Waals surface area contributed by atoms with Crippen molar-refractivity contribution in [2.75, 3.05) is 56.4 Å². The quantitative estimate of drug-likeness (QED) is 0.0533. The van der Waals surface area contributed by atoms with Crippen molar-refractivity contribution in [3.05, 3.63) is 36.2 Å². The van der Waals surface area contributed by atoms with E-state index in [-0.39, 0.29) is 24.5 Å². The first-order chi connectivity index (χ1) is 25.5. The zero-order valence-electron chi connectivity index (χ0n) is 30.8. The maximum absolute atomic E-state index is 12.9. The molecule has 2 aliphatic carbocycles. The van der Waals surface area contributed by atoms with Crippen LogP contribution >= 0.6 is 0 Å². The Labute approximate surface area is 308 Å². The number of fused-ring (bicyclic) bond motifs is 1. The highest BCUT2D eigenvalue weighted by atomic mass is 16.5. The number of rotatable bonds is 21. The molecule has 2 saturated carbocycles. The van der Waals surface area contributed by atoms with E-state index in [0.29, 0.717) is 37.7 Å². The van der Waals surface area contributed by atoms with Crippen molar-refractivity contribution in [2.24, 2.45) is 10.8 Å². The molecule has 0 radical (unpaired) electrons. The van der Waals surface area contributed by atoms with Crippen molar-refractivity contribution in [3.8, 4) is 0 Å². The first kappa shape index (κ1) is 39.3. The lowest BCUT2D eigenvalue weighted by molar-refractivity contribution is -0.150. The van der Waals surface area contributed by atoms with E-state index in [9.17, 15) is 9.59 Å². The molecule has 1 aromatic heterocycles. The number of likely N-dealkylation sites (tertiary alicyclic amines) is 1. The largest absolute Gasteiger partial charge is 0.461 e. The van der Waals surface area contributed by atoms with Gasteiger partial charge in [0.25, 0.3) is 0 Å². The van der Waals surface area contributed by atoms with Crippen LogP contribution in [0.4, 0.5) is 11.8 Å². The molecule has 3 aliphatic rings. The van der Waals surface area contributed by atoms with Crippen molar-refractivity contribution < 1.29 is 14.3 Å². The molecule has 2 aromatic rings. The van der Waals surface area contributed by atoms with Crippen molar-refractivity contribution in [1.29, 1.82) is 5.53 Å². The van der Waals surface area contributed by atoms with Crippen molar-refractivity contribution in [2.45, 2.75) is 121 Å². The maximum Gasteiger partial charge on any atom is 0.323 e. The standard InChI is InChI=1S/C38H61N11O3/c39-33(37(51)52-31-12-4-5-13-31)16-17-35(50)49-24-18-29(19-25-49)45-36-32-14-6-7-15-34(32)46-38(47-36)44-27-30(48-40)26-42-22-8-20-41-21-9-23-43-28-10-2-1-3-11-28/h6-7,14-15,26,28-29,31,33,40-43H,1-5,8-13,16-25,27,39H2,(H2,44,45,46,47)/b30-26-,48-40?/t33-/m0/s1. The fourth-order valence-corrected chi connectivity index (χ4v) is 7.29. The fourth-order valence-electron chi connectivity index (χ4n) is 7.29. The highest BCUT2D eigenvalue weighted by Crippen LogP contribution is 2.26. The molecule has 3 fully saturated rings. The zero-order chi connectivity index (χ0) is 36.4. The summed E-state index contributed by atoms with van der Waals surface area (Å²) in [5.41, 5.74) is 15.1. The van der Waals surface area contributed by atoms with Crippen LogP contribution < -0.4 is 32.3 Å². The molecule has 1 atom stereocenters. The van der Waals surface area contributed by atoms with E-state index in [2.05, 4.69) is 31.7 Å². The number of aromatic nitrogens is 2. The molecule has 52 heavy (non-hydrogen) atoms. The topological polar surface area (TPSA) is 195 Å². The third kappa shape index (κ3) is 13.0. The number of para-hydroxylation sites is 1. The van der Waals surface area contributed by atoms with Gasteiger partial charge in [0.2, 0.25) is 11.9 Å². The van der Waals surface area contributed by atoms with Gasteiger partial charge in [-0.3, -0.25) is 9.59 Å². The number of hydrogen-bond acceptors (Lipinski definition) is 13. The van der Waals surface area contributed by atoms with Crippen molar-refractivity contribution in [3.63, 3.8) is 0 Å². The number of hydrogen-bond donors (Lipinski definition) is 7. The number of nitrogens with one attached hydrogen (secondary N) is 6. The highest BCUT2D eigenvalue weighted by molar-refractivity contribution is 5.90. The Morgan fingerprint density at radius 2 is 1.67 bits per heavy atom. The molecular weight excluding hydrogens is 658 g/mol. The van der Waals surface area contributed by atoms with Crippen LogP contribution in [0.15, 0.2) is 41.3 Å². The minimum absolute atomic E-state index is 0.0179. The summed E-state index contributed by atoms with van der Waals surface area (Å²) in [4.78, 5) is 36.6. The summed E-state index contributed by atoms with van der Waals surface area (Å²) in [5.74, 6) is 0.805. The summed E-state index contributed by atoms with van der Waals surface area (Å²) < 4.78 is 5.51. The Balaban J connectivity index is 1.00. The van der Waals surface area contributed by atoms with Crippen LogP contribution in [0.1, 0.15) is 96.3 Å². The molecule has 0 unspecified atom stereocenters. The van der Waals surface area contributed by atoms with Gasteiger partial charge in [-0.25, -0.2) is 10.5 Å². The number of piperidine rings is 1. The Morgan fingerprint density at radius 1 is 0.942 bits per heavy atom. The Hall–Kier alpha value is -3.88. The molecule has 1 aromatic carbocycles. The van der Waals surface area contributed by atoms with Gasteiger partial charge in [-0.2, -0.15) is 10.1 Å². The molecule has 8 N–H and O–H groups in total. The third-order valence-electron chi connectivity index (χ3n) is 10.4. The maximum atomic E-state index is 12.9. The van der Waals surface area contributed by atoms with E-state index in [1.165, 1.54) is 32.1 Å². The number of ether oxygens (including phenoxy) is 1. The van der Waals surface area contributed by atoms with E-state index in [1.54, 1.807) is 6.20 Å². The second kappa shape index (κ2) is 21.6. The second-order valence-electron chi connectivity index (χ2n) is 14.5. The number of amides is 1. The van der Waals surface area contributed by atoms with Gasteiger partial charge >= 0.3 is 5.97 Å². The van der Waals surface area contributed by atoms with Crippen LogP contribution in [0.2, 0.25) is 0 Å². The minimum atomic E-state index is -0.768. The number of nitrogens with zero attached hydrogens (tertiary/aromatic N) is 4. The molecule has 14 heteroatoms. The predicted octanol–water partition coefficient (Wildman–Crippen LogP) is 4.79. The van der Waals surface area contributed by atoms with Crippen LogP contribution in [0, 0.1) is 5.53 Å². The number of nitrogens with two attached hydrogens (primary N) is 1. The second-order valence-corrected chi connectivity index (χ2v) is 14.5. The summed E-state index contributed by atoms with van der Waals surface area (Å²) in [6.45, 7) is 5.38. The Morgan fingerprint density at radius 3 is 2.44 bits per heavy atom. The van der Waals surface area contributed by atoms with Gasteiger partial charge < -0.3 is 42.0 Å². The minimum Gasteiger partial charge on any atom is -0.461 e. The number of carbonyl (C=O) groups is 2. The third-order valence-corrected chi connectivity index (χ3v) is 10.4. The molecule has 14 nitrogen and oxygen atoms in total. The number of anilines is 2. The van der Waals surface area contributed by atoms with Crippen LogP contribution in [0.25, 0.3) is 10.9 Å². The summed E-state index contributed by atoms with van der Waals surface area (Å²) in [6.07, 6.45) is 16.7. The van der Waals surface area contributed by atoms with Crippen LogP contribution in [-0.2, 0) is 14.3 Å². The summed E-state index contributed by atoms with van der Waals surface area (Å²) in [5, 5.41) is 21.9. The molecule has 1 amide bonds. The molecule has 0 spiro atoms. The van der Waals surface area contributed by atoms with E-state index in [4.69, 9.17) is 26.0 Å². The van der Waals surface area contributed by atoms with Gasteiger partial charge in [0.1, 0.15) is 18.0 Å². The van der Waals surface area contributed by atoms with E-state index in [1.807, 2.05) is 29.2 Å². The SMILES string of the molecule is N=N/C(=C\NCCCNCCCNC1CCCCC1)CNc1nc(NC2CCN(C(=O)CC[C@H](N)C(=O)OC3CCCC3)CC2)c2ccccc2n1. The molecule has 1 aliphatic heterocycles. The predicted molar refractivity (Wildman–Crippen MR) is 205 cm³/mol. The van der Waals surface area contributed by atoms with Gasteiger partial charge in [0.05, 0.1) is 17.8 Å². The van der Waals surface area contributed by atoms with E-state index < -0.39 is 12.0 Å². The van der Waals surface area contributed by atoms with Crippen molar-refractivity contribution in [1.82, 2.24) is 30.8 Å². The average Bonchev–Trinajstić information content (AvgIpc) is 3.69. The van der Waals surface area contributed by atoms with Gasteiger partial charge in [-0.15, -0.1) is 0 Å². The van der Waals surface area contributed by atoms with Gasteiger partial charge in [-0.05, 0) is 102 Å². The lowest BCUT2D eigenvalue weighted by Crippen LogP contribution is -2.43. The number of carbonyl (C=O) groups excluding carboxylic acids is 2.